The Morgan fingerprint density at radius 3 is 1.20 bits per heavy atom. The lowest BCUT2D eigenvalue weighted by molar-refractivity contribution is -0.117. The van der Waals surface area contributed by atoms with Crippen molar-refractivity contribution in [1.29, 1.82) is 0 Å². The third kappa shape index (κ3) is 28.4. The van der Waals surface area contributed by atoms with Crippen molar-refractivity contribution >= 4 is 25.8 Å². The van der Waals surface area contributed by atoms with Gasteiger partial charge in [-0.2, -0.15) is 0 Å². The van der Waals surface area contributed by atoms with Crippen LogP contribution in [0.15, 0.2) is 0 Å². The van der Waals surface area contributed by atoms with Crippen LogP contribution in [0.3, 0.4) is 0 Å². The quantitative estimate of drug-likeness (QED) is 0.0267. The van der Waals surface area contributed by atoms with E-state index in [1.807, 2.05) is 0 Å². The van der Waals surface area contributed by atoms with Gasteiger partial charge in [0.1, 0.15) is 12.6 Å². The fraction of sp³-hybridized carbons (Fsp3) is 0.980. The highest BCUT2D eigenvalue weighted by atomic mass is 28.2. The Labute approximate surface area is 345 Å². The van der Waals surface area contributed by atoms with Gasteiger partial charge in [-0.25, -0.2) is 0 Å². The molecular formula is C49H100O3Si2. The zero-order chi connectivity index (χ0) is 39.4. The molecule has 1 aliphatic carbocycles. The molecule has 5 heteroatoms. The van der Waals surface area contributed by atoms with Crippen LogP contribution in [0.25, 0.3) is 0 Å². The molecule has 0 radical (unpaired) electrons. The van der Waals surface area contributed by atoms with Crippen LogP contribution in [0.1, 0.15) is 259 Å². The Morgan fingerprint density at radius 2 is 0.870 bits per heavy atom. The Morgan fingerprint density at radius 1 is 0.537 bits per heavy atom. The second-order valence-corrected chi connectivity index (χ2v) is 20.6. The Balaban J connectivity index is 2.14. The van der Waals surface area contributed by atoms with Gasteiger partial charge in [-0.05, 0) is 37.0 Å². The molecule has 0 aromatic heterocycles. The predicted octanol–water partition coefficient (Wildman–Crippen LogP) is 15.4. The fourth-order valence-corrected chi connectivity index (χ4v) is 11.4. The van der Waals surface area contributed by atoms with Crippen molar-refractivity contribution in [1.82, 2.24) is 0 Å². The summed E-state index contributed by atoms with van der Waals surface area (Å²) in [6.07, 6.45) is 52.2. The van der Waals surface area contributed by atoms with Crippen molar-refractivity contribution in [3.63, 3.8) is 0 Å². The van der Waals surface area contributed by atoms with Crippen LogP contribution in [-0.2, 0) is 13.6 Å². The summed E-state index contributed by atoms with van der Waals surface area (Å²) in [5.74, 6) is 2.60. The minimum absolute atomic E-state index is 0.0185. The monoisotopic (exact) mass is 793 g/mol. The molecule has 322 valence electrons. The summed E-state index contributed by atoms with van der Waals surface area (Å²) in [5.41, 5.74) is 0.0961. The standard InChI is InChI=1S/C49H100O3Si2/c1-7-8-9-10-11-12-13-14-15-18-21-24-27-30-33-36-39-44(2)47(49(3,4)48(51-53-5)52-54-6)41-38-35-32-29-26-23-20-17-16-19-22-25-28-31-34-37-40-45-42-46(45)43-50/h43-48H,7-42,53-54H2,1-6H3/t44-,45-,46-,47-/m0/s1. The van der Waals surface area contributed by atoms with Gasteiger partial charge in [0.2, 0.25) is 0 Å². The van der Waals surface area contributed by atoms with E-state index >= 15 is 0 Å². The lowest BCUT2D eigenvalue weighted by Crippen LogP contribution is -2.43. The molecule has 0 heterocycles. The molecule has 0 aromatic rings. The zero-order valence-electron chi connectivity index (χ0n) is 38.1. The highest BCUT2D eigenvalue weighted by Gasteiger charge is 2.40. The number of aldehydes is 1. The molecule has 0 spiro atoms. The zero-order valence-corrected chi connectivity index (χ0v) is 40.9. The van der Waals surface area contributed by atoms with Crippen LogP contribution in [0, 0.1) is 29.1 Å². The van der Waals surface area contributed by atoms with Crippen LogP contribution in [0.5, 0.6) is 0 Å². The number of rotatable bonds is 44. The maximum absolute atomic E-state index is 10.7. The first-order valence-corrected chi connectivity index (χ1v) is 29.1. The van der Waals surface area contributed by atoms with E-state index in [-0.39, 0.29) is 11.7 Å². The average Bonchev–Trinajstić information content (AvgIpc) is 3.93. The van der Waals surface area contributed by atoms with Crippen LogP contribution in [-0.4, -0.2) is 32.1 Å². The largest absolute Gasteiger partial charge is 0.400 e. The van der Waals surface area contributed by atoms with Gasteiger partial charge in [-0.3, -0.25) is 0 Å². The molecule has 3 nitrogen and oxygen atoms in total. The summed E-state index contributed by atoms with van der Waals surface area (Å²) < 4.78 is 12.8. The van der Waals surface area contributed by atoms with Gasteiger partial charge in [0.15, 0.2) is 19.5 Å². The normalized spacial score (nSPS) is 18.0. The summed E-state index contributed by atoms with van der Waals surface area (Å²) in [7, 11) is -0.989. The number of hydrogen-bond acceptors (Lipinski definition) is 3. The molecule has 0 amide bonds. The third-order valence-electron chi connectivity index (χ3n) is 13.4. The summed E-state index contributed by atoms with van der Waals surface area (Å²) >= 11 is 0. The first kappa shape index (κ1) is 52.0. The fourth-order valence-electron chi connectivity index (χ4n) is 9.58. The van der Waals surface area contributed by atoms with E-state index in [0.717, 1.165) is 11.8 Å². The molecule has 1 fully saturated rings. The van der Waals surface area contributed by atoms with E-state index in [2.05, 4.69) is 40.8 Å². The molecule has 1 saturated carbocycles. The molecule has 0 saturated heterocycles. The second kappa shape index (κ2) is 37.3. The minimum atomic E-state index is -0.495. The van der Waals surface area contributed by atoms with Crippen molar-refractivity contribution in [2.75, 3.05) is 0 Å². The smallest absolute Gasteiger partial charge is 0.161 e. The van der Waals surface area contributed by atoms with Crippen LogP contribution in [0.2, 0.25) is 13.1 Å². The van der Waals surface area contributed by atoms with E-state index in [4.69, 9.17) is 8.85 Å². The van der Waals surface area contributed by atoms with E-state index in [9.17, 15) is 4.79 Å². The second-order valence-electron chi connectivity index (χ2n) is 18.8. The lowest BCUT2D eigenvalue weighted by atomic mass is 9.68. The topological polar surface area (TPSA) is 35.5 Å². The number of unbranched alkanes of at least 4 members (excludes halogenated alkanes) is 30. The lowest BCUT2D eigenvalue weighted by Gasteiger charge is -2.44. The highest BCUT2D eigenvalue weighted by molar-refractivity contribution is 6.26. The van der Waals surface area contributed by atoms with Crippen molar-refractivity contribution in [3.05, 3.63) is 0 Å². The van der Waals surface area contributed by atoms with Gasteiger partial charge in [-0.15, -0.1) is 0 Å². The van der Waals surface area contributed by atoms with Gasteiger partial charge in [-0.1, -0.05) is 253 Å². The summed E-state index contributed by atoms with van der Waals surface area (Å²) in [6, 6.07) is 0. The van der Waals surface area contributed by atoms with Crippen molar-refractivity contribution in [2.24, 2.45) is 29.1 Å². The number of carbonyl (C=O) groups is 1. The molecule has 1 aliphatic rings. The molecule has 54 heavy (non-hydrogen) atoms. The molecule has 0 aliphatic heterocycles. The molecule has 0 aromatic carbocycles. The molecule has 0 bridgehead atoms. The molecular weight excluding hydrogens is 693 g/mol. The van der Waals surface area contributed by atoms with Crippen LogP contribution in [0.4, 0.5) is 0 Å². The SMILES string of the molecule is CCCCCCCCCCCCCCCCCC[C@H](C)[C@H](CCCCCCCCCCCCCCCCCC[C@H]1C[C@H]1C=O)C(C)(C)C(O[SiH2]C)O[SiH2]C. The number of hydrogen-bond donors (Lipinski definition) is 0. The van der Waals surface area contributed by atoms with Crippen molar-refractivity contribution in [3.8, 4) is 0 Å². The average molecular weight is 794 g/mol. The van der Waals surface area contributed by atoms with E-state index < -0.39 is 19.5 Å². The molecule has 0 N–H and O–H groups in total. The third-order valence-corrected chi connectivity index (χ3v) is 14.7. The predicted molar refractivity (Wildman–Crippen MR) is 246 cm³/mol. The van der Waals surface area contributed by atoms with Gasteiger partial charge in [0.05, 0.1) is 0 Å². The Bertz CT molecular complexity index is 785. The van der Waals surface area contributed by atoms with Crippen molar-refractivity contribution in [2.45, 2.75) is 278 Å². The Hall–Kier alpha value is 0.0238. The highest BCUT2D eigenvalue weighted by Crippen LogP contribution is 2.43. The molecule has 4 atom stereocenters. The van der Waals surface area contributed by atoms with E-state index in [1.54, 1.807) is 0 Å². The van der Waals surface area contributed by atoms with E-state index in [1.165, 1.54) is 237 Å². The maximum Gasteiger partial charge on any atom is 0.161 e. The first-order chi connectivity index (χ1) is 26.4. The summed E-state index contributed by atoms with van der Waals surface area (Å²) in [6.45, 7) is 14.4. The molecule has 0 unspecified atom stereocenters. The van der Waals surface area contributed by atoms with Gasteiger partial charge in [0, 0.05) is 11.3 Å². The first-order valence-electron chi connectivity index (χ1n) is 25.1. The van der Waals surface area contributed by atoms with E-state index in [0.29, 0.717) is 11.8 Å². The molecule has 1 rings (SSSR count). The summed E-state index contributed by atoms with van der Waals surface area (Å²) in [5, 5.41) is 0. The van der Waals surface area contributed by atoms with Gasteiger partial charge >= 0.3 is 0 Å². The number of carbonyl (C=O) groups excluding carboxylic acids is 1. The summed E-state index contributed by atoms with van der Waals surface area (Å²) in [4.78, 5) is 10.7. The van der Waals surface area contributed by atoms with Gasteiger partial charge < -0.3 is 13.6 Å². The minimum Gasteiger partial charge on any atom is -0.400 e. The Kier molecular flexibility index (Phi) is 36.0. The van der Waals surface area contributed by atoms with Crippen LogP contribution < -0.4 is 0 Å². The van der Waals surface area contributed by atoms with Gasteiger partial charge in [0.25, 0.3) is 0 Å². The van der Waals surface area contributed by atoms with Crippen molar-refractivity contribution < 1.29 is 13.6 Å². The van der Waals surface area contributed by atoms with Crippen LogP contribution >= 0.6 is 0 Å². The maximum atomic E-state index is 10.7.